The number of imide groups is 1. The van der Waals surface area contributed by atoms with Gasteiger partial charge in [0.05, 0.1) is 18.7 Å². The summed E-state index contributed by atoms with van der Waals surface area (Å²) in [4.78, 5) is 31.6. The van der Waals surface area contributed by atoms with Gasteiger partial charge in [0.15, 0.2) is 0 Å². The third-order valence-electron chi connectivity index (χ3n) is 4.83. The third kappa shape index (κ3) is 4.30. The molecule has 0 fully saturated rings. The molecule has 156 valence electrons. The Bertz CT molecular complexity index is 1130. The molecule has 0 saturated carbocycles. The van der Waals surface area contributed by atoms with E-state index in [1.165, 1.54) is 29.2 Å². The maximum Gasteiger partial charge on any atom is 0.278 e. The largest absolute Gasteiger partial charge is 0.494 e. The number of hydrogen-bond acceptors (Lipinski definition) is 5. The van der Waals surface area contributed by atoms with Crippen molar-refractivity contribution in [1.82, 2.24) is 9.88 Å². The van der Waals surface area contributed by atoms with Crippen molar-refractivity contribution < 1.29 is 18.7 Å². The summed E-state index contributed by atoms with van der Waals surface area (Å²) in [5, 5.41) is 3.08. The first-order chi connectivity index (χ1) is 15.1. The van der Waals surface area contributed by atoms with Crippen LogP contribution < -0.4 is 10.1 Å². The Labute approximate surface area is 179 Å². The van der Waals surface area contributed by atoms with Gasteiger partial charge in [-0.3, -0.25) is 19.5 Å². The van der Waals surface area contributed by atoms with Crippen molar-refractivity contribution >= 4 is 23.1 Å². The van der Waals surface area contributed by atoms with Gasteiger partial charge in [-0.15, -0.1) is 0 Å². The molecule has 2 heterocycles. The van der Waals surface area contributed by atoms with Crippen LogP contribution in [0.2, 0.25) is 0 Å². The van der Waals surface area contributed by atoms with Crippen LogP contribution in [0.25, 0.3) is 5.57 Å². The number of pyridine rings is 1. The van der Waals surface area contributed by atoms with Crippen LogP contribution in [0.1, 0.15) is 18.1 Å². The molecule has 7 heteroatoms. The second kappa shape index (κ2) is 8.79. The molecule has 0 unspecified atom stereocenters. The smallest absolute Gasteiger partial charge is 0.278 e. The summed E-state index contributed by atoms with van der Waals surface area (Å²) in [6, 6.07) is 16.1. The summed E-state index contributed by atoms with van der Waals surface area (Å²) < 4.78 is 18.9. The number of benzene rings is 2. The number of carbonyl (C=O) groups is 2. The number of aromatic nitrogens is 1. The van der Waals surface area contributed by atoms with Crippen molar-refractivity contribution in [3.8, 4) is 5.75 Å². The molecule has 1 aliphatic rings. The Kier molecular flexibility index (Phi) is 5.75. The maximum atomic E-state index is 13.4. The van der Waals surface area contributed by atoms with Gasteiger partial charge in [-0.05, 0) is 66.6 Å². The lowest BCUT2D eigenvalue weighted by Crippen LogP contribution is -2.32. The Hall–Kier alpha value is -4.00. The van der Waals surface area contributed by atoms with Crippen LogP contribution in [0.3, 0.4) is 0 Å². The molecular weight excluding hydrogens is 397 g/mol. The van der Waals surface area contributed by atoms with Gasteiger partial charge in [0.2, 0.25) is 0 Å². The minimum atomic E-state index is -0.449. The number of nitrogens with zero attached hydrogens (tertiary/aromatic N) is 2. The standard InChI is InChI=1S/C24H20FN3O3/c1-2-31-20-9-7-19(8-10-20)27-22-21(17-3-5-18(25)6-4-17)23(29)28(24(22)30)15-16-11-13-26-14-12-16/h3-14,27H,2,15H2,1H3. The van der Waals surface area contributed by atoms with E-state index in [4.69, 9.17) is 4.74 Å². The van der Waals surface area contributed by atoms with Crippen molar-refractivity contribution in [2.45, 2.75) is 13.5 Å². The Morgan fingerprint density at radius 3 is 2.26 bits per heavy atom. The van der Waals surface area contributed by atoms with Crippen molar-refractivity contribution in [1.29, 1.82) is 0 Å². The van der Waals surface area contributed by atoms with Gasteiger partial charge in [0.25, 0.3) is 11.8 Å². The summed E-state index contributed by atoms with van der Waals surface area (Å²) in [5.74, 6) is -0.610. The number of halogens is 1. The van der Waals surface area contributed by atoms with E-state index in [9.17, 15) is 14.0 Å². The second-order valence-corrected chi connectivity index (χ2v) is 6.89. The summed E-state index contributed by atoms with van der Waals surface area (Å²) in [7, 11) is 0. The zero-order valence-corrected chi connectivity index (χ0v) is 16.8. The second-order valence-electron chi connectivity index (χ2n) is 6.89. The number of anilines is 1. The summed E-state index contributed by atoms with van der Waals surface area (Å²) >= 11 is 0. The first-order valence-electron chi connectivity index (χ1n) is 9.82. The van der Waals surface area contributed by atoms with Crippen molar-refractivity contribution in [2.75, 3.05) is 11.9 Å². The predicted octanol–water partition coefficient (Wildman–Crippen LogP) is 4.01. The van der Waals surface area contributed by atoms with E-state index in [2.05, 4.69) is 10.3 Å². The highest BCUT2D eigenvalue weighted by molar-refractivity contribution is 6.36. The fourth-order valence-electron chi connectivity index (χ4n) is 3.34. The molecule has 0 bridgehead atoms. The van der Waals surface area contributed by atoms with Crippen LogP contribution in [0.15, 0.2) is 78.8 Å². The molecule has 2 aromatic carbocycles. The van der Waals surface area contributed by atoms with Crippen molar-refractivity contribution in [2.24, 2.45) is 0 Å². The van der Waals surface area contributed by atoms with Gasteiger partial charge >= 0.3 is 0 Å². The van der Waals surface area contributed by atoms with E-state index in [0.29, 0.717) is 23.6 Å². The van der Waals surface area contributed by atoms with Gasteiger partial charge in [-0.1, -0.05) is 12.1 Å². The van der Waals surface area contributed by atoms with Gasteiger partial charge in [-0.25, -0.2) is 4.39 Å². The lowest BCUT2D eigenvalue weighted by molar-refractivity contribution is -0.137. The highest BCUT2D eigenvalue weighted by Gasteiger charge is 2.39. The number of carbonyl (C=O) groups excluding carboxylic acids is 2. The van der Waals surface area contributed by atoms with E-state index in [0.717, 1.165) is 5.56 Å². The predicted molar refractivity (Wildman–Crippen MR) is 114 cm³/mol. The molecule has 0 aliphatic carbocycles. The number of hydrogen-bond donors (Lipinski definition) is 1. The SMILES string of the molecule is CCOc1ccc(NC2=C(c3ccc(F)cc3)C(=O)N(Cc3ccncc3)C2=O)cc1. The summed E-state index contributed by atoms with van der Waals surface area (Å²) in [6.07, 6.45) is 3.21. The molecule has 31 heavy (non-hydrogen) atoms. The van der Waals surface area contributed by atoms with E-state index >= 15 is 0 Å². The minimum Gasteiger partial charge on any atom is -0.494 e. The number of amides is 2. The maximum absolute atomic E-state index is 13.4. The Balaban J connectivity index is 1.69. The monoisotopic (exact) mass is 417 g/mol. The quantitative estimate of drug-likeness (QED) is 0.588. The molecule has 2 amide bonds. The zero-order chi connectivity index (χ0) is 21.8. The van der Waals surface area contributed by atoms with E-state index < -0.39 is 17.6 Å². The molecule has 1 N–H and O–H groups in total. The number of ether oxygens (including phenoxy) is 1. The number of rotatable bonds is 7. The average molecular weight is 417 g/mol. The van der Waals surface area contributed by atoms with Crippen LogP contribution >= 0.6 is 0 Å². The van der Waals surface area contributed by atoms with Crippen molar-refractivity contribution in [3.05, 3.63) is 95.7 Å². The van der Waals surface area contributed by atoms with Gasteiger partial charge in [-0.2, -0.15) is 0 Å². The fourth-order valence-corrected chi connectivity index (χ4v) is 3.34. The Morgan fingerprint density at radius 1 is 0.935 bits per heavy atom. The molecule has 3 aromatic rings. The molecule has 6 nitrogen and oxygen atoms in total. The van der Waals surface area contributed by atoms with Crippen LogP contribution in [0.4, 0.5) is 10.1 Å². The number of nitrogens with one attached hydrogen (secondary N) is 1. The van der Waals surface area contributed by atoms with Crippen LogP contribution in [-0.2, 0) is 16.1 Å². The van der Waals surface area contributed by atoms with E-state index in [1.807, 2.05) is 6.92 Å². The van der Waals surface area contributed by atoms with Gasteiger partial charge in [0, 0.05) is 18.1 Å². The van der Waals surface area contributed by atoms with Crippen LogP contribution in [0, 0.1) is 5.82 Å². The molecule has 4 rings (SSSR count). The van der Waals surface area contributed by atoms with E-state index in [-0.39, 0.29) is 17.8 Å². The molecule has 0 radical (unpaired) electrons. The zero-order valence-electron chi connectivity index (χ0n) is 16.8. The highest BCUT2D eigenvalue weighted by Crippen LogP contribution is 2.32. The molecule has 1 aliphatic heterocycles. The van der Waals surface area contributed by atoms with Crippen molar-refractivity contribution in [3.63, 3.8) is 0 Å². The fraction of sp³-hybridized carbons (Fsp3) is 0.125. The minimum absolute atomic E-state index is 0.110. The first kappa shape index (κ1) is 20.3. The molecule has 0 spiro atoms. The molecular formula is C24H20FN3O3. The normalized spacial score (nSPS) is 13.7. The first-order valence-corrected chi connectivity index (χ1v) is 9.82. The highest BCUT2D eigenvalue weighted by atomic mass is 19.1. The summed E-state index contributed by atoms with van der Waals surface area (Å²) in [6.45, 7) is 2.55. The van der Waals surface area contributed by atoms with Gasteiger partial charge < -0.3 is 10.1 Å². The molecule has 0 atom stereocenters. The van der Waals surface area contributed by atoms with Gasteiger partial charge in [0.1, 0.15) is 17.3 Å². The topological polar surface area (TPSA) is 71.5 Å². The van der Waals surface area contributed by atoms with Crippen LogP contribution in [-0.4, -0.2) is 28.3 Å². The van der Waals surface area contributed by atoms with E-state index in [1.54, 1.807) is 48.8 Å². The molecule has 1 aromatic heterocycles. The lowest BCUT2D eigenvalue weighted by atomic mass is 10.0. The molecule has 0 saturated heterocycles. The van der Waals surface area contributed by atoms with Crippen LogP contribution in [0.5, 0.6) is 5.75 Å². The Morgan fingerprint density at radius 2 is 1.61 bits per heavy atom. The lowest BCUT2D eigenvalue weighted by Gasteiger charge is -2.15. The average Bonchev–Trinajstić information content (AvgIpc) is 3.01. The third-order valence-corrected chi connectivity index (χ3v) is 4.83. The summed E-state index contributed by atoms with van der Waals surface area (Å²) in [5.41, 5.74) is 2.22.